The van der Waals surface area contributed by atoms with Gasteiger partial charge in [0.15, 0.2) is 5.69 Å². The molecule has 0 bridgehead atoms. The lowest BCUT2D eigenvalue weighted by Gasteiger charge is -2.22. The molecular formula is C17H22N4O. The van der Waals surface area contributed by atoms with Crippen LogP contribution in [0.25, 0.3) is 0 Å². The van der Waals surface area contributed by atoms with E-state index < -0.39 is 0 Å². The lowest BCUT2D eigenvalue weighted by Crippen LogP contribution is -2.25. The molecule has 0 atom stereocenters. The molecule has 2 aromatic heterocycles. The maximum absolute atomic E-state index is 12.4. The Morgan fingerprint density at radius 3 is 2.64 bits per heavy atom. The molecule has 2 heterocycles. The summed E-state index contributed by atoms with van der Waals surface area (Å²) in [5.74, 6) is 0.900. The minimum Gasteiger partial charge on any atom is -0.305 e. The molecule has 0 aromatic carbocycles. The van der Waals surface area contributed by atoms with Gasteiger partial charge in [-0.3, -0.25) is 9.48 Å². The van der Waals surface area contributed by atoms with E-state index in [0.29, 0.717) is 17.4 Å². The second kappa shape index (κ2) is 5.23. The second-order valence-corrected chi connectivity index (χ2v) is 6.98. The number of anilines is 1. The van der Waals surface area contributed by atoms with Gasteiger partial charge in [-0.15, -0.1) is 0 Å². The van der Waals surface area contributed by atoms with Gasteiger partial charge in [0.05, 0.1) is 5.54 Å². The van der Waals surface area contributed by atoms with E-state index in [1.165, 1.54) is 12.8 Å². The van der Waals surface area contributed by atoms with E-state index >= 15 is 0 Å². The van der Waals surface area contributed by atoms with Crippen LogP contribution in [0.5, 0.6) is 0 Å². The van der Waals surface area contributed by atoms with Crippen LogP contribution < -0.4 is 5.32 Å². The summed E-state index contributed by atoms with van der Waals surface area (Å²) in [6, 6.07) is 5.67. The summed E-state index contributed by atoms with van der Waals surface area (Å²) < 4.78 is 1.99. The lowest BCUT2D eigenvalue weighted by atomic mass is 10.1. The van der Waals surface area contributed by atoms with Gasteiger partial charge in [0, 0.05) is 17.8 Å². The molecule has 2 aromatic rings. The van der Waals surface area contributed by atoms with Gasteiger partial charge in [0.2, 0.25) is 0 Å². The van der Waals surface area contributed by atoms with Gasteiger partial charge in [-0.25, -0.2) is 4.98 Å². The fourth-order valence-corrected chi connectivity index (χ4v) is 2.50. The Hall–Kier alpha value is -2.17. The highest BCUT2D eigenvalue weighted by Crippen LogP contribution is 2.41. The molecule has 0 unspecified atom stereocenters. The number of nitrogens with one attached hydrogen (secondary N) is 1. The maximum Gasteiger partial charge on any atom is 0.277 e. The van der Waals surface area contributed by atoms with Crippen molar-refractivity contribution in [2.75, 3.05) is 5.32 Å². The van der Waals surface area contributed by atoms with E-state index in [9.17, 15) is 4.79 Å². The van der Waals surface area contributed by atoms with Gasteiger partial charge in [-0.05, 0) is 64.3 Å². The summed E-state index contributed by atoms with van der Waals surface area (Å²) in [4.78, 5) is 16.6. The van der Waals surface area contributed by atoms with Gasteiger partial charge < -0.3 is 5.32 Å². The molecule has 116 valence electrons. The van der Waals surface area contributed by atoms with Crippen LogP contribution in [0.15, 0.2) is 24.4 Å². The van der Waals surface area contributed by atoms with E-state index in [1.807, 2.05) is 29.8 Å². The second-order valence-electron chi connectivity index (χ2n) is 6.98. The van der Waals surface area contributed by atoms with Crippen molar-refractivity contribution in [3.63, 3.8) is 0 Å². The van der Waals surface area contributed by atoms with Crippen molar-refractivity contribution in [2.45, 2.75) is 52.0 Å². The minimum absolute atomic E-state index is 0.127. The Labute approximate surface area is 130 Å². The van der Waals surface area contributed by atoms with E-state index in [2.05, 4.69) is 36.2 Å². The van der Waals surface area contributed by atoms with Gasteiger partial charge in [0.1, 0.15) is 5.82 Å². The number of hydrogen-bond donors (Lipinski definition) is 1. The number of pyridine rings is 1. The molecule has 22 heavy (non-hydrogen) atoms. The predicted molar refractivity (Wildman–Crippen MR) is 86.1 cm³/mol. The summed E-state index contributed by atoms with van der Waals surface area (Å²) in [5.41, 5.74) is 2.55. The first-order valence-electron chi connectivity index (χ1n) is 7.69. The standard InChI is InChI=1S/C17H22N4O/c1-11-7-8-18-15(9-11)19-16(22)13-10-14(12-5-6-12)21(20-13)17(2,3)4/h7-10,12H,5-6H2,1-4H3,(H,18,19,22). The Morgan fingerprint density at radius 2 is 2.05 bits per heavy atom. The van der Waals surface area contributed by atoms with Crippen LogP contribution in [0.2, 0.25) is 0 Å². The zero-order valence-electron chi connectivity index (χ0n) is 13.6. The third kappa shape index (κ3) is 3.03. The zero-order valence-corrected chi connectivity index (χ0v) is 13.6. The molecule has 1 saturated carbocycles. The predicted octanol–water partition coefficient (Wildman–Crippen LogP) is 3.47. The summed E-state index contributed by atoms with van der Waals surface area (Å²) in [6.07, 6.45) is 4.05. The average molecular weight is 298 g/mol. The Bertz CT molecular complexity index is 708. The summed E-state index contributed by atoms with van der Waals surface area (Å²) >= 11 is 0. The quantitative estimate of drug-likeness (QED) is 0.944. The number of carbonyl (C=O) groups is 1. The molecule has 0 aliphatic heterocycles. The largest absolute Gasteiger partial charge is 0.305 e. The number of rotatable bonds is 3. The summed E-state index contributed by atoms with van der Waals surface area (Å²) in [6.45, 7) is 8.29. The zero-order chi connectivity index (χ0) is 15.9. The summed E-state index contributed by atoms with van der Waals surface area (Å²) in [5, 5.41) is 7.36. The number of carbonyl (C=O) groups excluding carboxylic acids is 1. The molecule has 1 aliphatic carbocycles. The molecular weight excluding hydrogens is 276 g/mol. The molecule has 1 N–H and O–H groups in total. The van der Waals surface area contributed by atoms with Crippen LogP contribution in [-0.4, -0.2) is 20.7 Å². The topological polar surface area (TPSA) is 59.8 Å². The first kappa shape index (κ1) is 14.8. The maximum atomic E-state index is 12.4. The molecule has 1 amide bonds. The van der Waals surface area contributed by atoms with Crippen molar-refractivity contribution in [1.82, 2.24) is 14.8 Å². The van der Waals surface area contributed by atoms with Crippen molar-refractivity contribution < 1.29 is 4.79 Å². The molecule has 1 aliphatic rings. The Kier molecular flexibility index (Phi) is 3.51. The number of aryl methyl sites for hydroxylation is 1. The van der Waals surface area contributed by atoms with E-state index in [0.717, 1.165) is 11.3 Å². The van der Waals surface area contributed by atoms with Gasteiger partial charge in [-0.1, -0.05) is 0 Å². The van der Waals surface area contributed by atoms with Crippen molar-refractivity contribution in [2.24, 2.45) is 0 Å². The first-order valence-corrected chi connectivity index (χ1v) is 7.69. The van der Waals surface area contributed by atoms with Crippen LogP contribution in [0.3, 0.4) is 0 Å². The molecule has 0 spiro atoms. The van der Waals surface area contributed by atoms with Gasteiger partial charge in [-0.2, -0.15) is 5.10 Å². The van der Waals surface area contributed by atoms with Crippen LogP contribution in [0, 0.1) is 6.92 Å². The highest BCUT2D eigenvalue weighted by molar-refractivity contribution is 6.02. The molecule has 1 fully saturated rings. The highest BCUT2D eigenvalue weighted by atomic mass is 16.2. The number of amides is 1. The number of aromatic nitrogens is 3. The smallest absolute Gasteiger partial charge is 0.277 e. The van der Waals surface area contributed by atoms with Crippen molar-refractivity contribution in [3.05, 3.63) is 41.3 Å². The van der Waals surface area contributed by atoms with Gasteiger partial charge >= 0.3 is 0 Å². The lowest BCUT2D eigenvalue weighted by molar-refractivity contribution is 0.102. The average Bonchev–Trinajstić information content (AvgIpc) is 3.15. The number of hydrogen-bond acceptors (Lipinski definition) is 3. The number of nitrogens with zero attached hydrogens (tertiary/aromatic N) is 3. The fourth-order valence-electron chi connectivity index (χ4n) is 2.50. The Morgan fingerprint density at radius 1 is 1.32 bits per heavy atom. The summed E-state index contributed by atoms with van der Waals surface area (Å²) in [7, 11) is 0. The van der Waals surface area contributed by atoms with Crippen molar-refractivity contribution >= 4 is 11.7 Å². The van der Waals surface area contributed by atoms with E-state index in [1.54, 1.807) is 6.20 Å². The molecule has 0 saturated heterocycles. The van der Waals surface area contributed by atoms with Crippen LogP contribution in [0.1, 0.15) is 61.3 Å². The van der Waals surface area contributed by atoms with E-state index in [-0.39, 0.29) is 11.4 Å². The van der Waals surface area contributed by atoms with Gasteiger partial charge in [0.25, 0.3) is 5.91 Å². The molecule has 0 radical (unpaired) electrons. The van der Waals surface area contributed by atoms with Crippen LogP contribution in [-0.2, 0) is 5.54 Å². The monoisotopic (exact) mass is 298 g/mol. The SMILES string of the molecule is Cc1ccnc(NC(=O)c2cc(C3CC3)n(C(C)(C)C)n2)c1. The molecule has 5 nitrogen and oxygen atoms in total. The third-order valence-electron chi connectivity index (χ3n) is 3.76. The molecule has 3 rings (SSSR count). The van der Waals surface area contributed by atoms with Crippen LogP contribution in [0.4, 0.5) is 5.82 Å². The Balaban J connectivity index is 1.86. The van der Waals surface area contributed by atoms with Crippen LogP contribution >= 0.6 is 0 Å². The first-order chi connectivity index (χ1) is 10.3. The normalized spacial score (nSPS) is 14.9. The fraction of sp³-hybridized carbons (Fsp3) is 0.471. The molecule has 5 heteroatoms. The minimum atomic E-state index is -0.206. The van der Waals surface area contributed by atoms with Crippen molar-refractivity contribution in [1.29, 1.82) is 0 Å². The highest BCUT2D eigenvalue weighted by Gasteiger charge is 2.32. The van der Waals surface area contributed by atoms with Crippen molar-refractivity contribution in [3.8, 4) is 0 Å². The third-order valence-corrected chi connectivity index (χ3v) is 3.76. The van der Waals surface area contributed by atoms with E-state index in [4.69, 9.17) is 0 Å².